The highest BCUT2D eigenvalue weighted by Crippen LogP contribution is 2.34. The number of nitrogens with two attached hydrogens (primary N) is 1. The van der Waals surface area contributed by atoms with Crippen molar-refractivity contribution in [2.24, 2.45) is 10.9 Å². The van der Waals surface area contributed by atoms with Crippen LogP contribution in [0.1, 0.15) is 12.8 Å². The van der Waals surface area contributed by atoms with E-state index in [-0.39, 0.29) is 16.6 Å². The van der Waals surface area contributed by atoms with Gasteiger partial charge in [-0.05, 0) is 28.4 Å². The smallest absolute Gasteiger partial charge is 0.250 e. The third kappa shape index (κ3) is 4.39. The van der Waals surface area contributed by atoms with E-state index < -0.39 is 10.0 Å². The van der Waals surface area contributed by atoms with Crippen molar-refractivity contribution in [2.45, 2.75) is 17.1 Å². The topological polar surface area (TPSA) is 105 Å². The minimum Gasteiger partial charge on any atom is -0.409 e. The fraction of sp³-hybridized carbons (Fsp3) is 0.375. The van der Waals surface area contributed by atoms with Crippen molar-refractivity contribution >= 4 is 54.7 Å². The lowest BCUT2D eigenvalue weighted by Gasteiger charge is -2.03. The molecule has 0 saturated carbocycles. The molecule has 1 heterocycles. The summed E-state index contributed by atoms with van der Waals surface area (Å²) in [7, 11) is -3.56. The van der Waals surface area contributed by atoms with Crippen molar-refractivity contribution in [2.75, 3.05) is 6.54 Å². The van der Waals surface area contributed by atoms with Crippen LogP contribution in [0.3, 0.4) is 0 Å². The Kier molecular flexibility index (Phi) is 5.86. The summed E-state index contributed by atoms with van der Waals surface area (Å²) in [4.78, 5) is 0. The molecule has 0 aliphatic carbocycles. The third-order valence-electron chi connectivity index (χ3n) is 1.92. The second kappa shape index (κ2) is 6.71. The second-order valence-corrected chi connectivity index (χ2v) is 8.05. The lowest BCUT2D eigenvalue weighted by molar-refractivity contribution is 0.316. The quantitative estimate of drug-likeness (QED) is 0.232. The normalized spacial score (nSPS) is 12.9. The molecule has 4 N–H and O–H groups in total. The Labute approximate surface area is 122 Å². The molecule has 0 fully saturated rings. The molecule has 0 amide bonds. The molecular weight excluding hydrogens is 366 g/mol. The number of hydrogen-bond acceptors (Lipinski definition) is 5. The Morgan fingerprint density at radius 3 is 2.83 bits per heavy atom. The SMILES string of the molecule is NC(CCCNS(=O)(=O)c1cc(Cl)c(Br)s1)=NO. The van der Waals surface area contributed by atoms with Crippen molar-refractivity contribution in [3.8, 4) is 0 Å². The van der Waals surface area contributed by atoms with Gasteiger partial charge in [0.25, 0.3) is 0 Å². The third-order valence-corrected chi connectivity index (χ3v) is 6.33. The molecule has 0 aromatic carbocycles. The van der Waals surface area contributed by atoms with Crippen molar-refractivity contribution < 1.29 is 13.6 Å². The van der Waals surface area contributed by atoms with Gasteiger partial charge in [0.15, 0.2) is 0 Å². The van der Waals surface area contributed by atoms with E-state index in [9.17, 15) is 8.42 Å². The minimum atomic E-state index is -3.56. The molecule has 0 aliphatic heterocycles. The Hall–Kier alpha value is -0.350. The monoisotopic (exact) mass is 375 g/mol. The summed E-state index contributed by atoms with van der Waals surface area (Å²) >= 11 is 9.96. The second-order valence-electron chi connectivity index (χ2n) is 3.28. The van der Waals surface area contributed by atoms with Crippen molar-refractivity contribution in [3.05, 3.63) is 14.9 Å². The van der Waals surface area contributed by atoms with E-state index >= 15 is 0 Å². The molecule has 102 valence electrons. The van der Waals surface area contributed by atoms with E-state index in [0.717, 1.165) is 11.3 Å². The highest BCUT2D eigenvalue weighted by atomic mass is 79.9. The molecule has 1 aromatic heterocycles. The first-order valence-corrected chi connectivity index (χ1v) is 8.25. The lowest BCUT2D eigenvalue weighted by atomic mass is 10.3. The number of amidine groups is 1. The lowest BCUT2D eigenvalue weighted by Crippen LogP contribution is -2.25. The molecule has 6 nitrogen and oxygen atoms in total. The van der Waals surface area contributed by atoms with Crippen LogP contribution in [0.2, 0.25) is 5.02 Å². The molecule has 0 radical (unpaired) electrons. The van der Waals surface area contributed by atoms with Crippen LogP contribution < -0.4 is 10.5 Å². The summed E-state index contributed by atoms with van der Waals surface area (Å²) < 4.78 is 26.8. The van der Waals surface area contributed by atoms with Crippen LogP contribution in [-0.4, -0.2) is 26.0 Å². The van der Waals surface area contributed by atoms with Gasteiger partial charge in [-0.2, -0.15) is 0 Å². The Morgan fingerprint density at radius 2 is 2.33 bits per heavy atom. The molecule has 1 aromatic rings. The van der Waals surface area contributed by atoms with Crippen molar-refractivity contribution in [1.29, 1.82) is 0 Å². The summed E-state index contributed by atoms with van der Waals surface area (Å²) in [6.07, 6.45) is 0.753. The van der Waals surface area contributed by atoms with Crippen LogP contribution in [0, 0.1) is 0 Å². The van der Waals surface area contributed by atoms with Crippen LogP contribution in [0.4, 0.5) is 0 Å². The van der Waals surface area contributed by atoms with Gasteiger partial charge >= 0.3 is 0 Å². The summed E-state index contributed by atoms with van der Waals surface area (Å²) in [5.74, 6) is 0.0658. The van der Waals surface area contributed by atoms with Gasteiger partial charge in [0.1, 0.15) is 10.0 Å². The summed E-state index contributed by atoms with van der Waals surface area (Å²) in [5.41, 5.74) is 5.26. The molecule has 10 heteroatoms. The zero-order chi connectivity index (χ0) is 13.8. The maximum absolute atomic E-state index is 11.8. The number of rotatable bonds is 6. The number of thiophene rings is 1. The average molecular weight is 377 g/mol. The van der Waals surface area contributed by atoms with E-state index in [1.807, 2.05) is 0 Å². The molecule has 1 rings (SSSR count). The first-order valence-electron chi connectivity index (χ1n) is 4.77. The van der Waals surface area contributed by atoms with Crippen molar-refractivity contribution in [1.82, 2.24) is 4.72 Å². The molecule has 0 bridgehead atoms. The van der Waals surface area contributed by atoms with Gasteiger partial charge in [0.05, 0.1) is 8.81 Å². The predicted molar refractivity (Wildman–Crippen MR) is 74.9 cm³/mol. The fourth-order valence-electron chi connectivity index (χ4n) is 1.06. The van der Waals surface area contributed by atoms with E-state index in [1.54, 1.807) is 0 Å². The number of oxime groups is 1. The Bertz CT molecular complexity index is 524. The van der Waals surface area contributed by atoms with Gasteiger partial charge in [-0.1, -0.05) is 16.8 Å². The van der Waals surface area contributed by atoms with Gasteiger partial charge in [-0.3, -0.25) is 0 Å². The predicted octanol–water partition coefficient (Wildman–Crippen LogP) is 1.97. The first kappa shape index (κ1) is 15.7. The van der Waals surface area contributed by atoms with Crippen LogP contribution in [0.25, 0.3) is 0 Å². The first-order chi connectivity index (χ1) is 8.36. The van der Waals surface area contributed by atoms with E-state index in [4.69, 9.17) is 22.5 Å². The van der Waals surface area contributed by atoms with Crippen LogP contribution in [0.15, 0.2) is 19.2 Å². The number of halogens is 2. The minimum absolute atomic E-state index is 0.0658. The molecule has 18 heavy (non-hydrogen) atoms. The maximum Gasteiger partial charge on any atom is 0.250 e. The van der Waals surface area contributed by atoms with E-state index in [0.29, 0.717) is 21.7 Å². The molecule has 0 unspecified atom stereocenters. The maximum atomic E-state index is 11.8. The number of nitrogens with zero attached hydrogens (tertiary/aromatic N) is 1. The van der Waals surface area contributed by atoms with Gasteiger partial charge < -0.3 is 10.9 Å². The van der Waals surface area contributed by atoms with Crippen LogP contribution in [0.5, 0.6) is 0 Å². The fourth-order valence-corrected chi connectivity index (χ4v) is 4.57. The zero-order valence-corrected chi connectivity index (χ0v) is 13.0. The molecule has 0 spiro atoms. The van der Waals surface area contributed by atoms with Crippen LogP contribution >= 0.6 is 38.9 Å². The summed E-state index contributed by atoms with van der Waals surface area (Å²) in [5, 5.41) is 11.5. The standard InChI is InChI=1S/C8H11BrClN3O3S2/c9-8-5(10)4-7(17-8)18(15,16)12-3-1-2-6(11)13-14/h4,12,14H,1-3H2,(H2,11,13). The van der Waals surface area contributed by atoms with E-state index in [1.165, 1.54) is 6.07 Å². The Morgan fingerprint density at radius 1 is 1.67 bits per heavy atom. The molecule has 0 atom stereocenters. The summed E-state index contributed by atoms with van der Waals surface area (Å²) in [6.45, 7) is 0.200. The molecular formula is C8H11BrClN3O3S2. The number of nitrogens with one attached hydrogen (secondary N) is 1. The van der Waals surface area contributed by atoms with Crippen LogP contribution in [-0.2, 0) is 10.0 Å². The van der Waals surface area contributed by atoms with Gasteiger partial charge in [-0.15, -0.1) is 11.3 Å². The van der Waals surface area contributed by atoms with Gasteiger partial charge in [-0.25, -0.2) is 13.1 Å². The largest absolute Gasteiger partial charge is 0.409 e. The zero-order valence-electron chi connectivity index (χ0n) is 9.06. The van der Waals surface area contributed by atoms with Gasteiger partial charge in [0.2, 0.25) is 10.0 Å². The highest BCUT2D eigenvalue weighted by Gasteiger charge is 2.18. The number of sulfonamides is 1. The molecule has 0 saturated heterocycles. The average Bonchev–Trinajstić information content (AvgIpc) is 2.66. The Balaban J connectivity index is 2.55. The molecule has 0 aliphatic rings. The summed E-state index contributed by atoms with van der Waals surface area (Å²) in [6, 6.07) is 1.38. The van der Waals surface area contributed by atoms with E-state index in [2.05, 4.69) is 25.8 Å². The van der Waals surface area contributed by atoms with Crippen molar-refractivity contribution in [3.63, 3.8) is 0 Å². The number of hydrogen-bond donors (Lipinski definition) is 3. The highest BCUT2D eigenvalue weighted by molar-refractivity contribution is 9.11. The van der Waals surface area contributed by atoms with Gasteiger partial charge in [0, 0.05) is 13.0 Å².